The molecule has 1 rings (SSSR count). The first-order valence-electron chi connectivity index (χ1n) is 4.82. The highest BCUT2D eigenvalue weighted by molar-refractivity contribution is 5.79. The second kappa shape index (κ2) is 4.34. The van der Waals surface area contributed by atoms with Crippen molar-refractivity contribution in [3.63, 3.8) is 0 Å². The first kappa shape index (κ1) is 11.6. The van der Waals surface area contributed by atoms with Gasteiger partial charge in [0.25, 0.3) is 0 Å². The van der Waals surface area contributed by atoms with E-state index < -0.39 is 0 Å². The lowest BCUT2D eigenvalue weighted by Crippen LogP contribution is -2.01. The summed E-state index contributed by atoms with van der Waals surface area (Å²) in [5.74, 6) is 0.665. The Hall–Kier alpha value is -1.51. The van der Waals surface area contributed by atoms with Crippen molar-refractivity contribution in [2.45, 2.75) is 27.2 Å². The van der Waals surface area contributed by atoms with E-state index in [0.717, 1.165) is 16.7 Å². The number of methoxy groups -OCH3 is 1. The van der Waals surface area contributed by atoms with Crippen molar-refractivity contribution in [2.75, 3.05) is 7.11 Å². The van der Waals surface area contributed by atoms with E-state index in [2.05, 4.69) is 0 Å². The minimum Gasteiger partial charge on any atom is -0.504 e. The van der Waals surface area contributed by atoms with Gasteiger partial charge in [-0.2, -0.15) is 0 Å². The number of hydrogen-bond donors (Lipinski definition) is 1. The van der Waals surface area contributed by atoms with Crippen molar-refractivity contribution in [1.29, 1.82) is 0 Å². The molecule has 0 aliphatic carbocycles. The number of rotatable bonds is 3. The predicted octanol–water partition coefficient (Wildman–Crippen LogP) is 2.15. The van der Waals surface area contributed by atoms with Gasteiger partial charge in [-0.1, -0.05) is 0 Å². The molecule has 0 aliphatic heterocycles. The summed E-state index contributed by atoms with van der Waals surface area (Å²) >= 11 is 0. The standard InChI is InChI=1S/C12H16O3/c1-7(13)5-10-6-11(14)12(15-4)9(3)8(10)2/h6,14H,5H2,1-4H3. The highest BCUT2D eigenvalue weighted by Crippen LogP contribution is 2.34. The number of benzene rings is 1. The fourth-order valence-electron chi connectivity index (χ4n) is 1.65. The van der Waals surface area contributed by atoms with Crippen molar-refractivity contribution in [1.82, 2.24) is 0 Å². The summed E-state index contributed by atoms with van der Waals surface area (Å²) in [6.45, 7) is 5.34. The molecule has 82 valence electrons. The quantitative estimate of drug-likeness (QED) is 0.827. The van der Waals surface area contributed by atoms with Crippen LogP contribution in [-0.2, 0) is 11.2 Å². The number of ether oxygens (including phenoxy) is 1. The van der Waals surface area contributed by atoms with Gasteiger partial charge in [-0.3, -0.25) is 4.79 Å². The lowest BCUT2D eigenvalue weighted by molar-refractivity contribution is -0.116. The summed E-state index contributed by atoms with van der Waals surface area (Å²) in [5, 5.41) is 9.67. The van der Waals surface area contributed by atoms with Gasteiger partial charge in [-0.15, -0.1) is 0 Å². The van der Waals surface area contributed by atoms with E-state index in [9.17, 15) is 9.90 Å². The second-order valence-electron chi connectivity index (χ2n) is 3.72. The normalized spacial score (nSPS) is 10.1. The van der Waals surface area contributed by atoms with Crippen LogP contribution in [0.3, 0.4) is 0 Å². The minimum absolute atomic E-state index is 0.0852. The molecule has 0 heterocycles. The summed E-state index contributed by atoms with van der Waals surface area (Å²) < 4.78 is 5.08. The third-order valence-electron chi connectivity index (χ3n) is 2.57. The largest absolute Gasteiger partial charge is 0.504 e. The lowest BCUT2D eigenvalue weighted by atomic mass is 9.98. The van der Waals surface area contributed by atoms with E-state index in [0.29, 0.717) is 12.2 Å². The minimum atomic E-state index is 0.0852. The Morgan fingerprint density at radius 1 is 1.40 bits per heavy atom. The van der Waals surface area contributed by atoms with Crippen LogP contribution in [0.15, 0.2) is 6.07 Å². The van der Waals surface area contributed by atoms with Gasteiger partial charge in [0, 0.05) is 6.42 Å². The first-order chi connectivity index (χ1) is 6.97. The van der Waals surface area contributed by atoms with Gasteiger partial charge < -0.3 is 9.84 Å². The molecule has 3 heteroatoms. The molecular formula is C12H16O3. The molecule has 15 heavy (non-hydrogen) atoms. The van der Waals surface area contributed by atoms with E-state index >= 15 is 0 Å². The van der Waals surface area contributed by atoms with Gasteiger partial charge in [-0.05, 0) is 43.5 Å². The van der Waals surface area contributed by atoms with E-state index in [-0.39, 0.29) is 11.5 Å². The Labute approximate surface area is 89.7 Å². The molecule has 0 atom stereocenters. The molecular weight excluding hydrogens is 192 g/mol. The highest BCUT2D eigenvalue weighted by Gasteiger charge is 2.13. The second-order valence-corrected chi connectivity index (χ2v) is 3.72. The number of aromatic hydroxyl groups is 1. The highest BCUT2D eigenvalue weighted by atomic mass is 16.5. The topological polar surface area (TPSA) is 46.5 Å². The molecule has 0 aromatic heterocycles. The van der Waals surface area contributed by atoms with Crippen LogP contribution in [0.4, 0.5) is 0 Å². The molecule has 3 nitrogen and oxygen atoms in total. The third kappa shape index (κ3) is 2.29. The van der Waals surface area contributed by atoms with Crippen LogP contribution >= 0.6 is 0 Å². The maximum absolute atomic E-state index is 11.0. The molecule has 1 aromatic carbocycles. The fraction of sp³-hybridized carbons (Fsp3) is 0.417. The molecule has 0 bridgehead atoms. The van der Waals surface area contributed by atoms with Crippen LogP contribution in [0.2, 0.25) is 0 Å². The number of phenols is 1. The number of carbonyl (C=O) groups excluding carboxylic acids is 1. The molecule has 1 aromatic rings. The Morgan fingerprint density at radius 2 is 2.00 bits per heavy atom. The van der Waals surface area contributed by atoms with Crippen LogP contribution in [0, 0.1) is 13.8 Å². The molecule has 0 fully saturated rings. The molecule has 1 N–H and O–H groups in total. The van der Waals surface area contributed by atoms with Crippen LogP contribution in [0.1, 0.15) is 23.6 Å². The van der Waals surface area contributed by atoms with Crippen molar-refractivity contribution in [2.24, 2.45) is 0 Å². The zero-order valence-electron chi connectivity index (χ0n) is 9.55. The van der Waals surface area contributed by atoms with Crippen LogP contribution in [-0.4, -0.2) is 18.0 Å². The maximum Gasteiger partial charge on any atom is 0.163 e. The van der Waals surface area contributed by atoms with Crippen molar-refractivity contribution >= 4 is 5.78 Å². The number of phenolic OH excluding ortho intramolecular Hbond substituents is 1. The third-order valence-corrected chi connectivity index (χ3v) is 2.57. The Morgan fingerprint density at radius 3 is 2.47 bits per heavy atom. The van der Waals surface area contributed by atoms with Gasteiger partial charge in [0.1, 0.15) is 5.78 Å². The molecule has 0 spiro atoms. The average molecular weight is 208 g/mol. The van der Waals surface area contributed by atoms with Crippen LogP contribution in [0.25, 0.3) is 0 Å². The van der Waals surface area contributed by atoms with E-state index in [1.54, 1.807) is 6.07 Å². The van der Waals surface area contributed by atoms with Gasteiger partial charge in [0.15, 0.2) is 11.5 Å². The number of ketones is 1. The van der Waals surface area contributed by atoms with Crippen LogP contribution in [0.5, 0.6) is 11.5 Å². The molecule has 0 unspecified atom stereocenters. The molecule has 0 saturated carbocycles. The molecule has 0 amide bonds. The Kier molecular flexibility index (Phi) is 3.35. The maximum atomic E-state index is 11.0. The monoisotopic (exact) mass is 208 g/mol. The van der Waals surface area contributed by atoms with Crippen molar-refractivity contribution in [3.05, 3.63) is 22.8 Å². The van der Waals surface area contributed by atoms with Gasteiger partial charge >= 0.3 is 0 Å². The molecule has 0 radical (unpaired) electrons. The summed E-state index contributed by atoms with van der Waals surface area (Å²) in [6, 6.07) is 1.60. The Balaban J connectivity index is 3.27. The predicted molar refractivity (Wildman–Crippen MR) is 58.5 cm³/mol. The van der Waals surface area contributed by atoms with Crippen molar-refractivity contribution in [3.8, 4) is 11.5 Å². The SMILES string of the molecule is COc1c(O)cc(CC(C)=O)c(C)c1C. The van der Waals surface area contributed by atoms with Crippen LogP contribution < -0.4 is 4.74 Å². The van der Waals surface area contributed by atoms with Gasteiger partial charge in [0.05, 0.1) is 7.11 Å². The summed E-state index contributed by atoms with van der Waals surface area (Å²) in [6.07, 6.45) is 0.351. The lowest BCUT2D eigenvalue weighted by Gasteiger charge is -2.13. The smallest absolute Gasteiger partial charge is 0.163 e. The van der Waals surface area contributed by atoms with E-state index in [1.165, 1.54) is 14.0 Å². The number of Topliss-reactive ketones (excluding diaryl/α,β-unsaturated/α-hetero) is 1. The van der Waals surface area contributed by atoms with E-state index in [1.807, 2.05) is 13.8 Å². The molecule has 0 aliphatic rings. The molecule has 0 saturated heterocycles. The number of hydrogen-bond acceptors (Lipinski definition) is 3. The Bertz CT molecular complexity index is 394. The zero-order chi connectivity index (χ0) is 11.6. The van der Waals surface area contributed by atoms with Gasteiger partial charge in [-0.25, -0.2) is 0 Å². The van der Waals surface area contributed by atoms with E-state index in [4.69, 9.17) is 4.74 Å². The van der Waals surface area contributed by atoms with Crippen molar-refractivity contribution < 1.29 is 14.6 Å². The summed E-state index contributed by atoms with van der Waals surface area (Å²) in [5.41, 5.74) is 2.74. The summed E-state index contributed by atoms with van der Waals surface area (Å²) in [7, 11) is 1.52. The fourth-order valence-corrected chi connectivity index (χ4v) is 1.65. The zero-order valence-corrected chi connectivity index (χ0v) is 9.55. The average Bonchev–Trinajstić information content (AvgIpc) is 2.14. The summed E-state index contributed by atoms with van der Waals surface area (Å²) in [4.78, 5) is 11.0. The first-order valence-corrected chi connectivity index (χ1v) is 4.82. The van der Waals surface area contributed by atoms with Gasteiger partial charge in [0.2, 0.25) is 0 Å². The number of carbonyl (C=O) groups is 1.